The van der Waals surface area contributed by atoms with Gasteiger partial charge in [-0.2, -0.15) is 8.42 Å². The SMILES string of the molecule is COP(=O)(OC)N(C(=O)OC(C)C)N(C(=O)OC(C)C)S(=O)(=O)c1ccccc1. The summed E-state index contributed by atoms with van der Waals surface area (Å²) in [7, 11) is -7.61. The molecule has 1 aromatic rings. The average molecular weight is 452 g/mol. The van der Waals surface area contributed by atoms with E-state index in [9.17, 15) is 22.6 Å². The molecular formula is C16H25N2O9PS. The molecule has 0 aliphatic rings. The monoisotopic (exact) mass is 452 g/mol. The van der Waals surface area contributed by atoms with Gasteiger partial charge in [0.2, 0.25) is 0 Å². The van der Waals surface area contributed by atoms with E-state index in [0.29, 0.717) is 0 Å². The lowest BCUT2D eigenvalue weighted by atomic mass is 10.4. The third-order valence-corrected chi connectivity index (χ3v) is 6.61. The number of carbonyl (C=O) groups excluding carboxylic acids is 2. The molecule has 0 aliphatic carbocycles. The summed E-state index contributed by atoms with van der Waals surface area (Å²) in [4.78, 5) is 25.0. The minimum absolute atomic E-state index is 0.0138. The molecule has 0 saturated heterocycles. The van der Waals surface area contributed by atoms with E-state index in [1.54, 1.807) is 6.07 Å². The third kappa shape index (κ3) is 5.92. The molecule has 0 radical (unpaired) electrons. The van der Waals surface area contributed by atoms with Crippen molar-refractivity contribution in [2.24, 2.45) is 0 Å². The fraction of sp³-hybridized carbons (Fsp3) is 0.500. The van der Waals surface area contributed by atoms with Gasteiger partial charge in [-0.3, -0.25) is 9.05 Å². The zero-order valence-corrected chi connectivity index (χ0v) is 18.7. The minimum atomic E-state index is -4.78. The molecule has 0 spiro atoms. The van der Waals surface area contributed by atoms with Crippen LogP contribution in [0.2, 0.25) is 0 Å². The van der Waals surface area contributed by atoms with Gasteiger partial charge in [-0.1, -0.05) is 27.4 Å². The lowest BCUT2D eigenvalue weighted by molar-refractivity contribution is 0.0238. The van der Waals surface area contributed by atoms with Crippen molar-refractivity contribution < 1.29 is 41.1 Å². The number of benzene rings is 1. The molecule has 0 fully saturated rings. The van der Waals surface area contributed by atoms with Crippen molar-refractivity contribution >= 4 is 30.0 Å². The van der Waals surface area contributed by atoms with Crippen LogP contribution in [0.5, 0.6) is 0 Å². The Morgan fingerprint density at radius 1 is 0.897 bits per heavy atom. The third-order valence-electron chi connectivity index (χ3n) is 3.13. The molecule has 29 heavy (non-hydrogen) atoms. The van der Waals surface area contributed by atoms with Crippen LogP contribution in [0, 0.1) is 0 Å². The summed E-state index contributed by atoms with van der Waals surface area (Å²) in [6.45, 7) is 5.88. The second kappa shape index (κ2) is 10.1. The Balaban J connectivity index is 3.74. The molecule has 0 atom stereocenters. The molecule has 13 heteroatoms. The Morgan fingerprint density at radius 3 is 1.76 bits per heavy atom. The van der Waals surface area contributed by atoms with Crippen LogP contribution < -0.4 is 0 Å². The van der Waals surface area contributed by atoms with Gasteiger partial charge in [0.1, 0.15) is 0 Å². The number of ether oxygens (including phenoxy) is 2. The molecule has 0 bridgehead atoms. The van der Waals surface area contributed by atoms with Gasteiger partial charge in [0.15, 0.2) is 0 Å². The summed E-state index contributed by atoms with van der Waals surface area (Å²) >= 11 is 0. The molecule has 164 valence electrons. The zero-order chi connectivity index (χ0) is 22.4. The van der Waals surface area contributed by atoms with Gasteiger partial charge in [0.05, 0.1) is 17.1 Å². The summed E-state index contributed by atoms with van der Waals surface area (Å²) in [6.07, 6.45) is -4.45. The van der Waals surface area contributed by atoms with E-state index >= 15 is 0 Å². The first-order chi connectivity index (χ1) is 13.4. The summed E-state index contributed by atoms with van der Waals surface area (Å²) in [5, 5.41) is 0. The first kappa shape index (κ1) is 24.9. The molecule has 11 nitrogen and oxygen atoms in total. The predicted molar refractivity (Wildman–Crippen MR) is 102 cm³/mol. The first-order valence-corrected chi connectivity index (χ1v) is 11.4. The quantitative estimate of drug-likeness (QED) is 0.451. The zero-order valence-electron chi connectivity index (χ0n) is 17.0. The van der Waals surface area contributed by atoms with Crippen LogP contribution in [0.1, 0.15) is 27.7 Å². The number of hydrazine groups is 1. The van der Waals surface area contributed by atoms with Gasteiger partial charge in [-0.25, -0.2) is 14.2 Å². The number of hydrogen-bond donors (Lipinski definition) is 0. The minimum Gasteiger partial charge on any atom is -0.445 e. The van der Waals surface area contributed by atoms with E-state index in [2.05, 4.69) is 0 Å². The number of nitrogens with zero attached hydrogens (tertiary/aromatic N) is 2. The standard InChI is InChI=1S/C16H25N2O9PS/c1-12(2)26-15(19)17(28(21,24-5)25-6)18(16(20)27-13(3)4)29(22,23)14-10-8-7-9-11-14/h7-13H,1-6H3. The van der Waals surface area contributed by atoms with Crippen molar-refractivity contribution in [2.45, 2.75) is 44.8 Å². The number of sulfonamides is 1. The highest BCUT2D eigenvalue weighted by atomic mass is 32.2. The molecule has 0 N–H and O–H groups in total. The van der Waals surface area contributed by atoms with E-state index < -0.39 is 42.2 Å². The van der Waals surface area contributed by atoms with Crippen LogP contribution >= 0.6 is 7.75 Å². The van der Waals surface area contributed by atoms with Crippen molar-refractivity contribution in [3.63, 3.8) is 0 Å². The van der Waals surface area contributed by atoms with Gasteiger partial charge in [0.25, 0.3) is 10.0 Å². The van der Waals surface area contributed by atoms with Crippen molar-refractivity contribution in [3.8, 4) is 0 Å². The lowest BCUT2D eigenvalue weighted by Crippen LogP contribution is -2.52. The maximum atomic E-state index is 13.2. The summed E-state index contributed by atoms with van der Waals surface area (Å²) in [5.74, 6) is 0. The van der Waals surface area contributed by atoms with Gasteiger partial charge >= 0.3 is 19.9 Å². The first-order valence-electron chi connectivity index (χ1n) is 8.44. The normalized spacial score (nSPS) is 12.0. The summed E-state index contributed by atoms with van der Waals surface area (Å²) in [5.41, 5.74) is 0. The van der Waals surface area contributed by atoms with Crippen molar-refractivity contribution in [1.29, 1.82) is 0 Å². The van der Waals surface area contributed by atoms with Crippen molar-refractivity contribution in [1.82, 2.24) is 9.19 Å². The Labute approximate surface area is 170 Å². The number of rotatable bonds is 7. The van der Waals surface area contributed by atoms with Crippen LogP contribution in [0.4, 0.5) is 9.59 Å². The van der Waals surface area contributed by atoms with Crippen LogP contribution in [-0.2, 0) is 33.1 Å². The number of carbonyl (C=O) groups is 2. The van der Waals surface area contributed by atoms with Gasteiger partial charge in [0, 0.05) is 14.2 Å². The topological polar surface area (TPSA) is 129 Å². The Bertz CT molecular complexity index is 850. The number of amides is 2. The maximum absolute atomic E-state index is 13.2. The molecule has 1 aromatic carbocycles. The smallest absolute Gasteiger partial charge is 0.445 e. The van der Waals surface area contributed by atoms with Crippen molar-refractivity contribution in [2.75, 3.05) is 14.2 Å². The molecule has 0 unspecified atom stereocenters. The van der Waals surface area contributed by atoms with E-state index in [1.807, 2.05) is 0 Å². The van der Waals surface area contributed by atoms with E-state index in [1.165, 1.54) is 52.0 Å². The van der Waals surface area contributed by atoms with E-state index in [4.69, 9.17) is 18.5 Å². The molecular weight excluding hydrogens is 427 g/mol. The molecule has 1 rings (SSSR count). The largest absolute Gasteiger partial charge is 0.459 e. The summed E-state index contributed by atoms with van der Waals surface area (Å²) in [6, 6.07) is 6.72. The fourth-order valence-corrected chi connectivity index (χ4v) is 4.71. The number of hydrogen-bond acceptors (Lipinski definition) is 9. The Morgan fingerprint density at radius 2 is 1.34 bits per heavy atom. The molecule has 0 heterocycles. The Kier molecular flexibility index (Phi) is 8.64. The van der Waals surface area contributed by atoms with Crippen LogP contribution in [0.25, 0.3) is 0 Å². The summed E-state index contributed by atoms with van der Waals surface area (Å²) < 4.78 is 58.8. The van der Waals surface area contributed by atoms with Crippen LogP contribution in [0.3, 0.4) is 0 Å². The lowest BCUT2D eigenvalue weighted by Gasteiger charge is -2.34. The highest BCUT2D eigenvalue weighted by Gasteiger charge is 2.51. The molecule has 0 aliphatic heterocycles. The molecule has 0 aromatic heterocycles. The molecule has 0 saturated carbocycles. The van der Waals surface area contributed by atoms with Gasteiger partial charge < -0.3 is 9.47 Å². The Hall–Kier alpha value is -2.14. The predicted octanol–water partition coefficient (Wildman–Crippen LogP) is 3.39. The van der Waals surface area contributed by atoms with Gasteiger partial charge in [-0.05, 0) is 39.8 Å². The second-order valence-corrected chi connectivity index (χ2v) is 9.86. The average Bonchev–Trinajstić information content (AvgIpc) is 2.64. The second-order valence-electron chi connectivity index (χ2n) is 6.05. The van der Waals surface area contributed by atoms with E-state index in [0.717, 1.165) is 14.2 Å². The highest BCUT2D eigenvalue weighted by Crippen LogP contribution is 2.53. The maximum Gasteiger partial charge on any atom is 0.459 e. The molecule has 2 amide bonds. The van der Waals surface area contributed by atoms with E-state index in [-0.39, 0.29) is 14.1 Å². The van der Waals surface area contributed by atoms with Crippen LogP contribution in [-0.4, -0.2) is 56.2 Å². The highest BCUT2D eigenvalue weighted by molar-refractivity contribution is 7.89. The van der Waals surface area contributed by atoms with Crippen molar-refractivity contribution in [3.05, 3.63) is 30.3 Å². The van der Waals surface area contributed by atoms with Gasteiger partial charge in [-0.15, -0.1) is 0 Å². The van der Waals surface area contributed by atoms with Crippen LogP contribution in [0.15, 0.2) is 35.2 Å². The fourth-order valence-electron chi connectivity index (χ4n) is 1.97.